The first-order valence-corrected chi connectivity index (χ1v) is 8.29. The number of nitrogen functional groups attached to an aromatic ring is 2. The van der Waals surface area contributed by atoms with Crippen molar-refractivity contribution < 1.29 is 29.6 Å². The van der Waals surface area contributed by atoms with E-state index in [2.05, 4.69) is 4.98 Å². The molecule has 0 aliphatic carbocycles. The lowest BCUT2D eigenvalue weighted by molar-refractivity contribution is -0.143. The summed E-state index contributed by atoms with van der Waals surface area (Å²) in [5.41, 5.74) is 3.04. The Labute approximate surface area is 156 Å². The Morgan fingerprint density at radius 2 is 2.00 bits per heavy atom. The number of aliphatic hydroxyl groups excluding tert-OH is 3. The number of rotatable bonds is 5. The van der Waals surface area contributed by atoms with E-state index < -0.39 is 60.9 Å². The maximum Gasteiger partial charge on any atom is 0.333 e. The minimum Gasteiger partial charge on any atom is -0.465 e. The molecule has 1 saturated heterocycles. The Kier molecular flexibility index (Phi) is 5.12. The van der Waals surface area contributed by atoms with Crippen LogP contribution in [0, 0.1) is 0 Å². The highest BCUT2D eigenvalue weighted by molar-refractivity contribution is 5.76. The summed E-state index contributed by atoms with van der Waals surface area (Å²) in [5, 5.41) is 29.5. The molecule has 0 amide bonds. The van der Waals surface area contributed by atoms with Crippen molar-refractivity contribution in [3.63, 3.8) is 0 Å². The van der Waals surface area contributed by atoms with Crippen LogP contribution >= 0.6 is 0 Å². The van der Waals surface area contributed by atoms with Gasteiger partial charge in [0.2, 0.25) is 5.95 Å². The first-order chi connectivity index (χ1) is 13.2. The fourth-order valence-corrected chi connectivity index (χ4v) is 3.05. The number of carbonyl (C=O) groups excluding carboxylic acids is 1. The largest absolute Gasteiger partial charge is 0.465 e. The second-order valence-corrected chi connectivity index (χ2v) is 6.09. The summed E-state index contributed by atoms with van der Waals surface area (Å²) >= 11 is 0. The number of ether oxygens (including phenoxy) is 2. The number of hydrogen-bond acceptors (Lipinski definition) is 11. The molecule has 1 aliphatic heterocycles. The third kappa shape index (κ3) is 2.91. The Morgan fingerprint density at radius 3 is 2.57 bits per heavy atom. The molecule has 14 heteroatoms. The van der Waals surface area contributed by atoms with Crippen LogP contribution in [0.4, 0.5) is 5.95 Å². The minimum absolute atomic E-state index is 0.0490. The van der Waals surface area contributed by atoms with E-state index in [1.807, 2.05) is 0 Å². The normalized spacial score (nSPS) is 24.7. The number of aromatic nitrogens is 4. The summed E-state index contributed by atoms with van der Waals surface area (Å²) in [7, 11) is 0. The molecule has 0 saturated carbocycles. The number of aliphatic hydroxyl groups is 3. The van der Waals surface area contributed by atoms with Crippen LogP contribution in [0.25, 0.3) is 11.2 Å². The Balaban J connectivity index is 2.26. The van der Waals surface area contributed by atoms with Gasteiger partial charge in [-0.15, -0.1) is 0 Å². The summed E-state index contributed by atoms with van der Waals surface area (Å²) in [4.78, 5) is 41.3. The number of nitrogens with zero attached hydrogens (tertiary/aromatic N) is 4. The number of esters is 1. The molecular formula is C14H20N6O8. The standard InChI is InChI=1S/C14H20N6O8/c1-2-27-6(22)3-18-7-10(17-13(15)20(16)11(7)25)19(14(18)26)12-9(24)8(23)5(4-21)28-12/h5,8-9,12,21,23-24H,2-4,16H2,1H3,(H2,15,17)/t5-,8-,9-,12-/m1/s1. The molecule has 1 fully saturated rings. The van der Waals surface area contributed by atoms with Gasteiger partial charge in [0.05, 0.1) is 13.2 Å². The molecule has 14 nitrogen and oxygen atoms in total. The van der Waals surface area contributed by atoms with Crippen LogP contribution in [0.3, 0.4) is 0 Å². The molecular weight excluding hydrogens is 380 g/mol. The fraction of sp³-hybridized carbons (Fsp3) is 0.571. The lowest BCUT2D eigenvalue weighted by Crippen LogP contribution is -2.36. The molecule has 0 bridgehead atoms. The van der Waals surface area contributed by atoms with E-state index in [1.54, 1.807) is 6.92 Å². The zero-order valence-corrected chi connectivity index (χ0v) is 14.8. The Bertz CT molecular complexity index is 1030. The zero-order chi connectivity index (χ0) is 20.7. The van der Waals surface area contributed by atoms with Gasteiger partial charge in [-0.1, -0.05) is 0 Å². The molecule has 3 heterocycles. The Hall–Kier alpha value is -2.94. The lowest BCUT2D eigenvalue weighted by atomic mass is 10.1. The molecule has 0 radical (unpaired) electrons. The van der Waals surface area contributed by atoms with Gasteiger partial charge in [-0.3, -0.25) is 14.2 Å². The highest BCUT2D eigenvalue weighted by Crippen LogP contribution is 2.30. The third-order valence-electron chi connectivity index (χ3n) is 4.40. The van der Waals surface area contributed by atoms with Gasteiger partial charge in [-0.2, -0.15) is 9.66 Å². The van der Waals surface area contributed by atoms with Gasteiger partial charge in [0, 0.05) is 0 Å². The van der Waals surface area contributed by atoms with Crippen molar-refractivity contribution in [3.8, 4) is 0 Å². The molecule has 3 rings (SSSR count). The molecule has 0 unspecified atom stereocenters. The van der Waals surface area contributed by atoms with Crippen molar-refractivity contribution in [2.75, 3.05) is 24.8 Å². The van der Waals surface area contributed by atoms with Crippen LogP contribution in [0.15, 0.2) is 9.59 Å². The van der Waals surface area contributed by atoms with E-state index in [4.69, 9.17) is 21.1 Å². The molecule has 4 atom stereocenters. The number of carbonyl (C=O) groups is 1. The fourth-order valence-electron chi connectivity index (χ4n) is 3.05. The summed E-state index contributed by atoms with van der Waals surface area (Å²) in [6.07, 6.45) is -5.80. The Morgan fingerprint density at radius 1 is 1.32 bits per heavy atom. The van der Waals surface area contributed by atoms with Crippen molar-refractivity contribution in [2.45, 2.75) is 38.0 Å². The molecule has 2 aromatic rings. The first kappa shape index (κ1) is 19.8. The van der Waals surface area contributed by atoms with Crippen molar-refractivity contribution in [1.82, 2.24) is 18.8 Å². The molecule has 0 spiro atoms. The summed E-state index contributed by atoms with van der Waals surface area (Å²) < 4.78 is 12.2. The van der Waals surface area contributed by atoms with Gasteiger partial charge >= 0.3 is 11.7 Å². The summed E-state index contributed by atoms with van der Waals surface area (Å²) in [5.74, 6) is 4.29. The van der Waals surface area contributed by atoms with Crippen molar-refractivity contribution >= 4 is 23.1 Å². The van der Waals surface area contributed by atoms with E-state index >= 15 is 0 Å². The third-order valence-corrected chi connectivity index (χ3v) is 4.40. The topological polar surface area (TPSA) is 210 Å². The highest BCUT2D eigenvalue weighted by Gasteiger charge is 2.45. The van der Waals surface area contributed by atoms with E-state index in [1.165, 1.54) is 0 Å². The summed E-state index contributed by atoms with van der Waals surface area (Å²) in [6, 6.07) is 0. The van der Waals surface area contributed by atoms with Gasteiger partial charge in [0.15, 0.2) is 17.4 Å². The molecule has 0 aromatic carbocycles. The SMILES string of the molecule is CCOC(=O)Cn1c(=O)n([C@@H]2O[C@H](CO)[C@@H](O)[C@H]2O)c2nc(N)n(N)c(=O)c21. The van der Waals surface area contributed by atoms with E-state index in [0.717, 1.165) is 9.13 Å². The monoisotopic (exact) mass is 400 g/mol. The second kappa shape index (κ2) is 7.23. The molecule has 154 valence electrons. The van der Waals surface area contributed by atoms with Crippen LogP contribution in [-0.4, -0.2) is 71.6 Å². The number of nitrogens with two attached hydrogens (primary N) is 2. The van der Waals surface area contributed by atoms with Gasteiger partial charge in [-0.25, -0.2) is 9.36 Å². The first-order valence-electron chi connectivity index (χ1n) is 8.29. The van der Waals surface area contributed by atoms with Gasteiger partial charge in [0.25, 0.3) is 5.56 Å². The van der Waals surface area contributed by atoms with E-state index in [-0.39, 0.29) is 17.8 Å². The van der Waals surface area contributed by atoms with Crippen molar-refractivity contribution in [3.05, 3.63) is 20.8 Å². The second-order valence-electron chi connectivity index (χ2n) is 6.09. The van der Waals surface area contributed by atoms with Crippen molar-refractivity contribution in [2.24, 2.45) is 0 Å². The average molecular weight is 400 g/mol. The molecule has 1 aliphatic rings. The predicted molar refractivity (Wildman–Crippen MR) is 92.5 cm³/mol. The molecule has 7 N–H and O–H groups in total. The highest BCUT2D eigenvalue weighted by atomic mass is 16.6. The maximum absolute atomic E-state index is 13.0. The predicted octanol–water partition coefficient (Wildman–Crippen LogP) is -4.17. The number of imidazole rings is 1. The van der Waals surface area contributed by atoms with Gasteiger partial charge in [0.1, 0.15) is 24.9 Å². The maximum atomic E-state index is 13.0. The van der Waals surface area contributed by atoms with Gasteiger partial charge in [-0.05, 0) is 6.92 Å². The average Bonchev–Trinajstić information content (AvgIpc) is 3.07. The van der Waals surface area contributed by atoms with Crippen LogP contribution in [-0.2, 0) is 20.8 Å². The number of anilines is 1. The van der Waals surface area contributed by atoms with Crippen molar-refractivity contribution in [1.29, 1.82) is 0 Å². The van der Waals surface area contributed by atoms with E-state index in [9.17, 15) is 29.7 Å². The van der Waals surface area contributed by atoms with Crippen LogP contribution in [0.5, 0.6) is 0 Å². The zero-order valence-electron chi connectivity index (χ0n) is 14.8. The van der Waals surface area contributed by atoms with Crippen LogP contribution in [0.2, 0.25) is 0 Å². The summed E-state index contributed by atoms with van der Waals surface area (Å²) in [6.45, 7) is 0.355. The van der Waals surface area contributed by atoms with E-state index in [0.29, 0.717) is 4.68 Å². The lowest BCUT2D eigenvalue weighted by Gasteiger charge is -2.16. The minimum atomic E-state index is -1.63. The quantitative estimate of drug-likeness (QED) is 0.240. The molecule has 28 heavy (non-hydrogen) atoms. The van der Waals surface area contributed by atoms with Crippen LogP contribution < -0.4 is 22.8 Å². The molecule has 2 aromatic heterocycles. The number of hydrogen-bond donors (Lipinski definition) is 5. The van der Waals surface area contributed by atoms with Crippen LogP contribution in [0.1, 0.15) is 13.2 Å². The smallest absolute Gasteiger partial charge is 0.333 e. The van der Waals surface area contributed by atoms with Gasteiger partial charge < -0.3 is 36.4 Å². The number of fused-ring (bicyclic) bond motifs is 1.